The van der Waals surface area contributed by atoms with Gasteiger partial charge in [0.15, 0.2) is 0 Å². The number of hydrogen-bond acceptors (Lipinski definition) is 4. The van der Waals surface area contributed by atoms with Crippen LogP contribution in [0, 0.1) is 0 Å². The molecule has 0 spiro atoms. The SMILES string of the molecule is CCCc1ccc(C(NC(=O)CNCCOC)c2cccs2)cc1. The van der Waals surface area contributed by atoms with Crippen LogP contribution in [0.25, 0.3) is 0 Å². The van der Waals surface area contributed by atoms with Crippen LogP contribution in [0.2, 0.25) is 0 Å². The second kappa shape index (κ2) is 10.2. The zero-order valence-corrected chi connectivity index (χ0v) is 15.2. The van der Waals surface area contributed by atoms with Gasteiger partial charge in [-0.2, -0.15) is 0 Å². The summed E-state index contributed by atoms with van der Waals surface area (Å²) in [5, 5.41) is 8.25. The Kier molecular flexibility index (Phi) is 7.95. The van der Waals surface area contributed by atoms with Crippen molar-refractivity contribution in [3.8, 4) is 0 Å². The third kappa shape index (κ3) is 5.74. The molecule has 0 saturated carbocycles. The number of carbonyl (C=O) groups is 1. The largest absolute Gasteiger partial charge is 0.383 e. The molecule has 1 atom stereocenters. The van der Waals surface area contributed by atoms with Crippen molar-refractivity contribution >= 4 is 17.2 Å². The highest BCUT2D eigenvalue weighted by Crippen LogP contribution is 2.26. The van der Waals surface area contributed by atoms with Crippen molar-refractivity contribution < 1.29 is 9.53 Å². The number of carbonyl (C=O) groups excluding carboxylic acids is 1. The number of methoxy groups -OCH3 is 1. The first-order valence-electron chi connectivity index (χ1n) is 8.35. The van der Waals surface area contributed by atoms with Gasteiger partial charge in [-0.3, -0.25) is 4.79 Å². The molecule has 1 heterocycles. The zero-order chi connectivity index (χ0) is 17.2. The maximum absolute atomic E-state index is 12.2. The van der Waals surface area contributed by atoms with Crippen molar-refractivity contribution in [1.29, 1.82) is 0 Å². The fourth-order valence-corrected chi connectivity index (χ4v) is 3.33. The molecule has 0 aliphatic carbocycles. The van der Waals surface area contributed by atoms with E-state index in [0.717, 1.165) is 23.3 Å². The van der Waals surface area contributed by atoms with Gasteiger partial charge in [-0.15, -0.1) is 11.3 Å². The molecule has 2 rings (SSSR count). The second-order valence-electron chi connectivity index (χ2n) is 5.68. The van der Waals surface area contributed by atoms with Gasteiger partial charge in [-0.25, -0.2) is 0 Å². The molecule has 1 amide bonds. The molecule has 2 aromatic rings. The summed E-state index contributed by atoms with van der Waals surface area (Å²) in [6, 6.07) is 12.5. The van der Waals surface area contributed by atoms with Gasteiger partial charge in [0.05, 0.1) is 19.2 Å². The Morgan fingerprint density at radius 1 is 1.25 bits per heavy atom. The minimum Gasteiger partial charge on any atom is -0.383 e. The minimum atomic E-state index is -0.0996. The molecule has 24 heavy (non-hydrogen) atoms. The average Bonchev–Trinajstić information content (AvgIpc) is 3.12. The van der Waals surface area contributed by atoms with E-state index in [1.165, 1.54) is 5.56 Å². The summed E-state index contributed by atoms with van der Waals surface area (Å²) < 4.78 is 4.97. The summed E-state index contributed by atoms with van der Waals surface area (Å²) in [6.07, 6.45) is 2.22. The summed E-state index contributed by atoms with van der Waals surface area (Å²) in [7, 11) is 1.65. The van der Waals surface area contributed by atoms with Crippen molar-refractivity contribution in [2.45, 2.75) is 25.8 Å². The predicted octanol–water partition coefficient (Wildman–Crippen LogP) is 3.14. The third-order valence-corrected chi connectivity index (χ3v) is 4.69. The van der Waals surface area contributed by atoms with Crippen LogP contribution in [0.3, 0.4) is 0 Å². The van der Waals surface area contributed by atoms with Gasteiger partial charge in [-0.1, -0.05) is 43.7 Å². The topological polar surface area (TPSA) is 50.4 Å². The van der Waals surface area contributed by atoms with E-state index in [1.807, 2.05) is 11.4 Å². The zero-order valence-electron chi connectivity index (χ0n) is 14.4. The molecule has 1 aromatic carbocycles. The molecule has 5 heteroatoms. The van der Waals surface area contributed by atoms with E-state index in [1.54, 1.807) is 18.4 Å². The molecule has 0 saturated heterocycles. The van der Waals surface area contributed by atoms with Crippen molar-refractivity contribution in [2.75, 3.05) is 26.8 Å². The van der Waals surface area contributed by atoms with E-state index in [-0.39, 0.29) is 11.9 Å². The van der Waals surface area contributed by atoms with Crippen LogP contribution in [0.15, 0.2) is 41.8 Å². The lowest BCUT2D eigenvalue weighted by molar-refractivity contribution is -0.120. The van der Waals surface area contributed by atoms with Crippen molar-refractivity contribution in [3.05, 3.63) is 57.8 Å². The number of hydrogen-bond donors (Lipinski definition) is 2. The number of thiophene rings is 1. The molecule has 0 aliphatic rings. The van der Waals surface area contributed by atoms with E-state index in [0.29, 0.717) is 19.7 Å². The Labute approximate surface area is 148 Å². The fraction of sp³-hybridized carbons (Fsp3) is 0.421. The van der Waals surface area contributed by atoms with Gasteiger partial charge in [0.25, 0.3) is 0 Å². The standard InChI is InChI=1S/C19H26N2O2S/c1-3-5-15-7-9-16(10-8-15)19(17-6-4-13-24-17)21-18(22)14-20-11-12-23-2/h4,6-10,13,19-20H,3,5,11-12,14H2,1-2H3,(H,21,22). The Morgan fingerprint density at radius 2 is 2.04 bits per heavy atom. The van der Waals surface area contributed by atoms with Crippen LogP contribution >= 0.6 is 11.3 Å². The van der Waals surface area contributed by atoms with Gasteiger partial charge >= 0.3 is 0 Å². The van der Waals surface area contributed by atoms with E-state index in [9.17, 15) is 4.79 Å². The first-order chi connectivity index (χ1) is 11.7. The van der Waals surface area contributed by atoms with Crippen molar-refractivity contribution in [3.63, 3.8) is 0 Å². The summed E-state index contributed by atoms with van der Waals surface area (Å²) in [5.41, 5.74) is 2.45. The second-order valence-corrected chi connectivity index (χ2v) is 6.66. The molecule has 4 nitrogen and oxygen atoms in total. The monoisotopic (exact) mass is 346 g/mol. The maximum Gasteiger partial charge on any atom is 0.234 e. The van der Waals surface area contributed by atoms with Gasteiger partial charge < -0.3 is 15.4 Å². The number of benzene rings is 1. The van der Waals surface area contributed by atoms with Crippen LogP contribution in [0.1, 0.15) is 35.4 Å². The number of aryl methyl sites for hydroxylation is 1. The molecule has 2 N–H and O–H groups in total. The number of amides is 1. The van der Waals surface area contributed by atoms with Crippen LogP contribution in [-0.2, 0) is 16.0 Å². The third-order valence-electron chi connectivity index (χ3n) is 3.75. The summed E-state index contributed by atoms with van der Waals surface area (Å²) >= 11 is 1.66. The Balaban J connectivity index is 2.04. The number of ether oxygens (including phenoxy) is 1. The highest BCUT2D eigenvalue weighted by atomic mass is 32.1. The molecule has 0 radical (unpaired) electrons. The first-order valence-corrected chi connectivity index (χ1v) is 9.23. The van der Waals surface area contributed by atoms with Gasteiger partial charge in [0.1, 0.15) is 0 Å². The van der Waals surface area contributed by atoms with E-state index < -0.39 is 0 Å². The normalized spacial score (nSPS) is 12.1. The molecule has 1 aromatic heterocycles. The molecule has 1 unspecified atom stereocenters. The molecule has 0 fully saturated rings. The van der Waals surface area contributed by atoms with Gasteiger partial charge in [-0.05, 0) is 29.0 Å². The Hall–Kier alpha value is -1.69. The quantitative estimate of drug-likeness (QED) is 0.650. The molecule has 130 valence electrons. The van der Waals surface area contributed by atoms with Crippen LogP contribution in [-0.4, -0.2) is 32.7 Å². The lowest BCUT2D eigenvalue weighted by Gasteiger charge is -2.19. The molecular formula is C19H26N2O2S. The van der Waals surface area contributed by atoms with Crippen LogP contribution < -0.4 is 10.6 Å². The first kappa shape index (κ1) is 18.6. The van der Waals surface area contributed by atoms with E-state index in [2.05, 4.69) is 47.9 Å². The van der Waals surface area contributed by atoms with Crippen LogP contribution in [0.5, 0.6) is 0 Å². The van der Waals surface area contributed by atoms with Crippen molar-refractivity contribution in [2.24, 2.45) is 0 Å². The van der Waals surface area contributed by atoms with Crippen LogP contribution in [0.4, 0.5) is 0 Å². The minimum absolute atomic E-state index is 0.0119. The Bertz CT molecular complexity index is 596. The maximum atomic E-state index is 12.2. The van der Waals surface area contributed by atoms with E-state index >= 15 is 0 Å². The summed E-state index contributed by atoms with van der Waals surface area (Å²) in [6.45, 7) is 3.73. The highest BCUT2D eigenvalue weighted by molar-refractivity contribution is 7.10. The lowest BCUT2D eigenvalue weighted by atomic mass is 10.0. The van der Waals surface area contributed by atoms with Gasteiger partial charge in [0, 0.05) is 18.5 Å². The molecule has 0 aliphatic heterocycles. The smallest absolute Gasteiger partial charge is 0.234 e. The van der Waals surface area contributed by atoms with Crippen molar-refractivity contribution in [1.82, 2.24) is 10.6 Å². The average molecular weight is 346 g/mol. The number of nitrogens with one attached hydrogen (secondary N) is 2. The summed E-state index contributed by atoms with van der Waals surface area (Å²) in [5.74, 6) is -0.0119. The summed E-state index contributed by atoms with van der Waals surface area (Å²) in [4.78, 5) is 13.4. The Morgan fingerprint density at radius 3 is 2.67 bits per heavy atom. The van der Waals surface area contributed by atoms with Gasteiger partial charge in [0.2, 0.25) is 5.91 Å². The number of rotatable bonds is 10. The molecule has 0 bridgehead atoms. The van der Waals surface area contributed by atoms with E-state index in [4.69, 9.17) is 4.74 Å². The lowest BCUT2D eigenvalue weighted by Crippen LogP contribution is -2.37. The fourth-order valence-electron chi connectivity index (χ4n) is 2.53. The molecular weight excluding hydrogens is 320 g/mol. The predicted molar refractivity (Wildman–Crippen MR) is 99.5 cm³/mol. The highest BCUT2D eigenvalue weighted by Gasteiger charge is 2.17.